The summed E-state index contributed by atoms with van der Waals surface area (Å²) in [6, 6.07) is 10.9. The van der Waals surface area contributed by atoms with Crippen LogP contribution in [0.15, 0.2) is 46.0 Å². The number of Topliss-reactive ketones (excluding diaryl/α,β-unsaturated/α-hetero) is 1. The van der Waals surface area contributed by atoms with Gasteiger partial charge in [0.2, 0.25) is 5.91 Å². The van der Waals surface area contributed by atoms with Crippen molar-refractivity contribution in [2.45, 2.75) is 11.1 Å². The van der Waals surface area contributed by atoms with Gasteiger partial charge in [0.05, 0.1) is 9.96 Å². The number of thioether (sulfide) groups is 1. The van der Waals surface area contributed by atoms with Gasteiger partial charge in [-0.1, -0.05) is 18.2 Å². The molecule has 0 radical (unpaired) electrons. The summed E-state index contributed by atoms with van der Waals surface area (Å²) in [5.41, 5.74) is 1.26. The maximum absolute atomic E-state index is 11.8. The fourth-order valence-electron chi connectivity index (χ4n) is 1.50. The van der Waals surface area contributed by atoms with E-state index in [1.165, 1.54) is 18.7 Å². The molecule has 0 saturated heterocycles. The molecule has 1 aromatic heterocycles. The lowest BCUT2D eigenvalue weighted by atomic mass is 10.1. The number of thiophene rings is 1. The highest BCUT2D eigenvalue weighted by molar-refractivity contribution is 8.01. The molecule has 0 atom stereocenters. The van der Waals surface area contributed by atoms with Crippen LogP contribution in [0.1, 0.15) is 17.3 Å². The molecule has 1 heterocycles. The van der Waals surface area contributed by atoms with Crippen LogP contribution in [0.25, 0.3) is 0 Å². The van der Waals surface area contributed by atoms with E-state index in [9.17, 15) is 9.59 Å². The van der Waals surface area contributed by atoms with Gasteiger partial charge in [-0.25, -0.2) is 0 Å². The first-order chi connectivity index (χ1) is 9.15. The third kappa shape index (κ3) is 4.22. The van der Waals surface area contributed by atoms with Crippen molar-refractivity contribution in [3.05, 3.63) is 47.3 Å². The summed E-state index contributed by atoms with van der Waals surface area (Å²) in [6.07, 6.45) is 0. The number of rotatable bonds is 5. The van der Waals surface area contributed by atoms with Gasteiger partial charge in [0.25, 0.3) is 0 Å². The minimum Gasteiger partial charge on any atom is -0.325 e. The van der Waals surface area contributed by atoms with E-state index in [0.717, 1.165) is 4.21 Å². The Morgan fingerprint density at radius 3 is 2.79 bits per heavy atom. The molecular weight excluding hydrogens is 278 g/mol. The van der Waals surface area contributed by atoms with E-state index in [1.807, 2.05) is 17.5 Å². The van der Waals surface area contributed by atoms with E-state index in [1.54, 1.807) is 35.6 Å². The van der Waals surface area contributed by atoms with Crippen molar-refractivity contribution in [2.75, 3.05) is 11.1 Å². The van der Waals surface area contributed by atoms with Crippen molar-refractivity contribution in [1.29, 1.82) is 0 Å². The number of nitrogens with one attached hydrogen (secondary N) is 1. The van der Waals surface area contributed by atoms with Crippen LogP contribution in [0.5, 0.6) is 0 Å². The Labute approximate surface area is 120 Å². The number of hydrogen-bond acceptors (Lipinski definition) is 4. The van der Waals surface area contributed by atoms with E-state index in [4.69, 9.17) is 0 Å². The second-order valence-electron chi connectivity index (χ2n) is 3.91. The molecule has 1 amide bonds. The molecule has 0 aliphatic carbocycles. The SMILES string of the molecule is CC(=O)c1cccc(NC(=O)CSc2cccs2)c1. The summed E-state index contributed by atoms with van der Waals surface area (Å²) in [5, 5.41) is 4.77. The molecule has 0 aliphatic rings. The standard InChI is InChI=1S/C14H13NO2S2/c1-10(16)11-4-2-5-12(8-11)15-13(17)9-19-14-6-3-7-18-14/h2-8H,9H2,1H3,(H,15,17). The number of amides is 1. The molecule has 1 N–H and O–H groups in total. The molecule has 0 fully saturated rings. The molecule has 19 heavy (non-hydrogen) atoms. The van der Waals surface area contributed by atoms with Crippen LogP contribution in [0.4, 0.5) is 5.69 Å². The summed E-state index contributed by atoms with van der Waals surface area (Å²) in [5.74, 6) is 0.285. The van der Waals surface area contributed by atoms with E-state index in [2.05, 4.69) is 5.32 Å². The van der Waals surface area contributed by atoms with Crippen LogP contribution >= 0.6 is 23.1 Å². The number of ketones is 1. The molecule has 2 aromatic rings. The number of carbonyl (C=O) groups is 2. The third-order valence-corrected chi connectivity index (χ3v) is 4.52. The zero-order valence-electron chi connectivity index (χ0n) is 10.4. The highest BCUT2D eigenvalue weighted by atomic mass is 32.2. The van der Waals surface area contributed by atoms with E-state index in [-0.39, 0.29) is 11.7 Å². The first-order valence-corrected chi connectivity index (χ1v) is 7.59. The predicted octanol–water partition coefficient (Wildman–Crippen LogP) is 3.68. The summed E-state index contributed by atoms with van der Waals surface area (Å²) < 4.78 is 1.12. The summed E-state index contributed by atoms with van der Waals surface area (Å²) in [7, 11) is 0. The average molecular weight is 291 g/mol. The van der Waals surface area contributed by atoms with Crippen LogP contribution in [0, 0.1) is 0 Å². The summed E-state index contributed by atoms with van der Waals surface area (Å²) in [6.45, 7) is 1.51. The van der Waals surface area contributed by atoms with Crippen LogP contribution in [0.3, 0.4) is 0 Å². The van der Waals surface area contributed by atoms with Gasteiger partial charge in [0, 0.05) is 11.3 Å². The van der Waals surface area contributed by atoms with Gasteiger partial charge in [-0.05, 0) is 30.5 Å². The normalized spacial score (nSPS) is 10.2. The molecule has 3 nitrogen and oxygen atoms in total. The van der Waals surface area contributed by atoms with Gasteiger partial charge < -0.3 is 5.32 Å². The predicted molar refractivity (Wildman–Crippen MR) is 80.1 cm³/mol. The molecule has 5 heteroatoms. The number of anilines is 1. The van der Waals surface area contributed by atoms with Gasteiger partial charge in [0.15, 0.2) is 5.78 Å². The largest absolute Gasteiger partial charge is 0.325 e. The van der Waals surface area contributed by atoms with Gasteiger partial charge in [0.1, 0.15) is 0 Å². The van der Waals surface area contributed by atoms with Crippen molar-refractivity contribution in [3.8, 4) is 0 Å². The Kier molecular flexibility index (Phi) is 4.76. The highest BCUT2D eigenvalue weighted by Crippen LogP contribution is 2.23. The molecule has 0 spiro atoms. The summed E-state index contributed by atoms with van der Waals surface area (Å²) in [4.78, 5) is 23.0. The monoisotopic (exact) mass is 291 g/mol. The number of benzene rings is 1. The first kappa shape index (κ1) is 13.8. The molecule has 0 saturated carbocycles. The third-order valence-electron chi connectivity index (χ3n) is 2.39. The van der Waals surface area contributed by atoms with Gasteiger partial charge >= 0.3 is 0 Å². The fourth-order valence-corrected chi connectivity index (χ4v) is 3.08. The molecule has 0 bridgehead atoms. The number of hydrogen-bond donors (Lipinski definition) is 1. The molecule has 98 valence electrons. The van der Waals surface area contributed by atoms with Gasteiger partial charge in [-0.3, -0.25) is 9.59 Å². The van der Waals surface area contributed by atoms with Crippen molar-refractivity contribution < 1.29 is 9.59 Å². The van der Waals surface area contributed by atoms with Crippen LogP contribution in [-0.2, 0) is 4.79 Å². The van der Waals surface area contributed by atoms with E-state index < -0.39 is 0 Å². The Morgan fingerprint density at radius 1 is 1.26 bits per heavy atom. The average Bonchev–Trinajstić information content (AvgIpc) is 2.90. The van der Waals surface area contributed by atoms with Crippen molar-refractivity contribution in [1.82, 2.24) is 0 Å². The number of carbonyl (C=O) groups excluding carboxylic acids is 2. The minimum atomic E-state index is -0.0703. The first-order valence-electron chi connectivity index (χ1n) is 5.72. The Bertz CT molecular complexity index is 579. The lowest BCUT2D eigenvalue weighted by Gasteiger charge is -2.05. The van der Waals surface area contributed by atoms with Gasteiger partial charge in [-0.2, -0.15) is 0 Å². The zero-order valence-corrected chi connectivity index (χ0v) is 12.0. The maximum Gasteiger partial charge on any atom is 0.234 e. The van der Waals surface area contributed by atoms with Crippen LogP contribution in [0.2, 0.25) is 0 Å². The minimum absolute atomic E-state index is 0.0101. The van der Waals surface area contributed by atoms with Gasteiger partial charge in [-0.15, -0.1) is 23.1 Å². The Balaban J connectivity index is 1.91. The van der Waals surface area contributed by atoms with Crippen molar-refractivity contribution in [2.24, 2.45) is 0 Å². The van der Waals surface area contributed by atoms with E-state index >= 15 is 0 Å². The van der Waals surface area contributed by atoms with E-state index in [0.29, 0.717) is 17.0 Å². The zero-order chi connectivity index (χ0) is 13.7. The molecular formula is C14H13NO2S2. The molecule has 0 aliphatic heterocycles. The topological polar surface area (TPSA) is 46.2 Å². The molecule has 0 unspecified atom stereocenters. The lowest BCUT2D eigenvalue weighted by molar-refractivity contribution is -0.113. The summed E-state index contributed by atoms with van der Waals surface area (Å²) >= 11 is 3.12. The second kappa shape index (κ2) is 6.54. The highest BCUT2D eigenvalue weighted by Gasteiger charge is 2.06. The molecule has 1 aromatic carbocycles. The Morgan fingerprint density at radius 2 is 2.11 bits per heavy atom. The maximum atomic E-state index is 11.8. The van der Waals surface area contributed by atoms with Crippen LogP contribution < -0.4 is 5.32 Å². The molecule has 2 rings (SSSR count). The van der Waals surface area contributed by atoms with Crippen molar-refractivity contribution in [3.63, 3.8) is 0 Å². The second-order valence-corrected chi connectivity index (χ2v) is 6.13. The van der Waals surface area contributed by atoms with Crippen LogP contribution in [-0.4, -0.2) is 17.4 Å². The lowest BCUT2D eigenvalue weighted by Crippen LogP contribution is -2.14. The van der Waals surface area contributed by atoms with Crippen molar-refractivity contribution >= 4 is 40.5 Å². The smallest absolute Gasteiger partial charge is 0.234 e. The quantitative estimate of drug-likeness (QED) is 0.675. The Hall–Kier alpha value is -1.59. The fraction of sp³-hybridized carbons (Fsp3) is 0.143.